The lowest BCUT2D eigenvalue weighted by molar-refractivity contribution is -0.132. The number of unbranched alkanes of at least 4 members (excludes halogenated alkanes) is 1. The fraction of sp³-hybridized carbons (Fsp3) is 0.292. The Bertz CT molecular complexity index is 1070. The number of hydrogen-bond donors (Lipinski definition) is 1. The second-order valence-corrected chi connectivity index (χ2v) is 8.43. The monoisotopic (exact) mass is 435 g/mol. The smallest absolute Gasteiger partial charge is 0.325 e. The molecule has 0 aliphatic carbocycles. The highest BCUT2D eigenvalue weighted by Crippen LogP contribution is 2.35. The van der Waals surface area contributed by atoms with Crippen molar-refractivity contribution in [2.75, 3.05) is 7.11 Å². The van der Waals surface area contributed by atoms with Gasteiger partial charge in [-0.05, 0) is 36.2 Å². The number of methoxy groups -OCH3 is 1. The molecule has 0 bridgehead atoms. The molecule has 4 rings (SSSR count). The highest BCUT2D eigenvalue weighted by molar-refractivity contribution is 7.13. The minimum absolute atomic E-state index is 0.151. The summed E-state index contributed by atoms with van der Waals surface area (Å²) in [6, 6.07) is 16.8. The van der Waals surface area contributed by atoms with E-state index in [-0.39, 0.29) is 18.5 Å². The van der Waals surface area contributed by atoms with E-state index in [1.807, 2.05) is 60.0 Å². The maximum atomic E-state index is 13.5. The van der Waals surface area contributed by atoms with Crippen molar-refractivity contribution < 1.29 is 14.3 Å². The lowest BCUT2D eigenvalue weighted by Crippen LogP contribution is -2.44. The molecule has 2 aromatic carbocycles. The van der Waals surface area contributed by atoms with E-state index in [0.29, 0.717) is 12.1 Å². The van der Waals surface area contributed by atoms with Gasteiger partial charge in [-0.1, -0.05) is 50.1 Å². The van der Waals surface area contributed by atoms with E-state index in [2.05, 4.69) is 17.2 Å². The van der Waals surface area contributed by atoms with E-state index in [9.17, 15) is 9.59 Å². The van der Waals surface area contributed by atoms with Crippen LogP contribution in [-0.2, 0) is 16.9 Å². The van der Waals surface area contributed by atoms with Crippen molar-refractivity contribution >= 4 is 23.3 Å². The van der Waals surface area contributed by atoms with E-state index in [4.69, 9.17) is 4.74 Å². The first-order valence-electron chi connectivity index (χ1n) is 10.4. The first kappa shape index (κ1) is 21.1. The molecule has 1 unspecified atom stereocenters. The largest absolute Gasteiger partial charge is 0.497 e. The van der Waals surface area contributed by atoms with E-state index in [0.717, 1.165) is 34.7 Å². The Kier molecular flexibility index (Phi) is 6.04. The molecule has 1 aromatic heterocycles. The Morgan fingerprint density at radius 2 is 1.84 bits per heavy atom. The lowest BCUT2D eigenvalue weighted by atomic mass is 9.85. The first-order valence-corrected chi connectivity index (χ1v) is 11.2. The molecule has 1 N–H and O–H groups in total. The molecule has 0 radical (unpaired) electrons. The summed E-state index contributed by atoms with van der Waals surface area (Å²) in [4.78, 5) is 32.3. The van der Waals surface area contributed by atoms with Crippen LogP contribution in [-0.4, -0.2) is 28.9 Å². The maximum Gasteiger partial charge on any atom is 0.325 e. The molecule has 1 aliphatic heterocycles. The highest BCUT2D eigenvalue weighted by Gasteiger charge is 2.51. The summed E-state index contributed by atoms with van der Waals surface area (Å²) in [5.74, 6) is 0.570. The van der Waals surface area contributed by atoms with Crippen LogP contribution >= 0.6 is 11.3 Å². The molecule has 1 saturated heterocycles. The zero-order valence-electron chi connectivity index (χ0n) is 17.6. The molecule has 160 valence electrons. The fourth-order valence-electron chi connectivity index (χ4n) is 3.85. The van der Waals surface area contributed by atoms with Gasteiger partial charge < -0.3 is 10.1 Å². The van der Waals surface area contributed by atoms with Crippen molar-refractivity contribution in [3.8, 4) is 16.3 Å². The van der Waals surface area contributed by atoms with Crippen LogP contribution in [0.5, 0.6) is 5.75 Å². The Morgan fingerprint density at radius 3 is 2.52 bits per heavy atom. The zero-order valence-corrected chi connectivity index (χ0v) is 18.4. The minimum atomic E-state index is -1.01. The summed E-state index contributed by atoms with van der Waals surface area (Å²) in [7, 11) is 1.63. The van der Waals surface area contributed by atoms with Crippen LogP contribution in [0.25, 0.3) is 10.6 Å². The van der Waals surface area contributed by atoms with Gasteiger partial charge in [0.2, 0.25) is 0 Å². The van der Waals surface area contributed by atoms with Gasteiger partial charge in [-0.3, -0.25) is 9.69 Å². The summed E-state index contributed by atoms with van der Waals surface area (Å²) < 4.78 is 5.20. The fourth-order valence-corrected chi connectivity index (χ4v) is 4.67. The second-order valence-electron chi connectivity index (χ2n) is 7.57. The van der Waals surface area contributed by atoms with Gasteiger partial charge >= 0.3 is 6.03 Å². The number of urea groups is 1. The third-order valence-electron chi connectivity index (χ3n) is 5.56. The van der Waals surface area contributed by atoms with Crippen molar-refractivity contribution in [2.45, 2.75) is 38.3 Å². The predicted octanol–water partition coefficient (Wildman–Crippen LogP) is 4.96. The number of rotatable bonds is 8. The Morgan fingerprint density at radius 1 is 1.10 bits per heavy atom. The second kappa shape index (κ2) is 8.89. The SMILES string of the molecule is CCCCC1(c2ccccc2)NC(=O)N(Cc2csc(-c3ccc(OC)cc3)n2)C1=O. The van der Waals surface area contributed by atoms with Gasteiger partial charge in [-0.2, -0.15) is 0 Å². The van der Waals surface area contributed by atoms with Crippen LogP contribution in [0.4, 0.5) is 4.79 Å². The van der Waals surface area contributed by atoms with Gasteiger partial charge in [0.1, 0.15) is 16.3 Å². The number of amides is 3. The molecule has 1 aliphatic rings. The van der Waals surface area contributed by atoms with Crippen LogP contribution in [0.3, 0.4) is 0 Å². The first-order chi connectivity index (χ1) is 15.1. The number of nitrogens with one attached hydrogen (secondary N) is 1. The summed E-state index contributed by atoms with van der Waals surface area (Å²) in [5, 5.41) is 5.72. The third kappa shape index (κ3) is 4.05. The topological polar surface area (TPSA) is 71.5 Å². The number of benzene rings is 2. The van der Waals surface area contributed by atoms with E-state index in [1.165, 1.54) is 16.2 Å². The average Bonchev–Trinajstić information content (AvgIpc) is 3.37. The van der Waals surface area contributed by atoms with Crippen molar-refractivity contribution in [2.24, 2.45) is 0 Å². The molecule has 7 heteroatoms. The number of carbonyl (C=O) groups is 2. The van der Waals surface area contributed by atoms with Crippen molar-refractivity contribution in [1.29, 1.82) is 0 Å². The Hall–Kier alpha value is -3.19. The van der Waals surface area contributed by atoms with Gasteiger partial charge in [0, 0.05) is 10.9 Å². The van der Waals surface area contributed by atoms with Crippen LogP contribution in [0.15, 0.2) is 60.0 Å². The molecule has 1 atom stereocenters. The summed E-state index contributed by atoms with van der Waals surface area (Å²) in [6.45, 7) is 2.23. The minimum Gasteiger partial charge on any atom is -0.497 e. The van der Waals surface area contributed by atoms with Crippen LogP contribution in [0, 0.1) is 0 Å². The maximum absolute atomic E-state index is 13.5. The standard InChI is InChI=1S/C24H25N3O3S/c1-3-4-14-24(18-8-6-5-7-9-18)22(28)27(23(29)26-24)15-19-16-31-21(25-19)17-10-12-20(30-2)13-11-17/h5-13,16H,3-4,14-15H2,1-2H3,(H,26,29). The normalized spacial score (nSPS) is 18.3. The molecule has 0 spiro atoms. The quantitative estimate of drug-likeness (QED) is 0.508. The van der Waals surface area contributed by atoms with Gasteiger partial charge in [-0.15, -0.1) is 11.3 Å². The summed E-state index contributed by atoms with van der Waals surface area (Å²) in [6.07, 6.45) is 2.35. The average molecular weight is 436 g/mol. The predicted molar refractivity (Wildman–Crippen MR) is 121 cm³/mol. The number of imide groups is 1. The van der Waals surface area contributed by atoms with Gasteiger partial charge in [0.05, 0.1) is 19.3 Å². The third-order valence-corrected chi connectivity index (χ3v) is 6.50. The number of ether oxygens (including phenoxy) is 1. The summed E-state index contributed by atoms with van der Waals surface area (Å²) >= 11 is 1.49. The molecule has 2 heterocycles. The van der Waals surface area contributed by atoms with Gasteiger partial charge in [-0.25, -0.2) is 9.78 Å². The molecule has 3 amide bonds. The van der Waals surface area contributed by atoms with E-state index >= 15 is 0 Å². The molecule has 1 fully saturated rings. The molecular formula is C24H25N3O3S. The zero-order chi connectivity index (χ0) is 21.8. The molecule has 0 saturated carbocycles. The van der Waals surface area contributed by atoms with E-state index in [1.54, 1.807) is 7.11 Å². The Labute approximate surface area is 185 Å². The molecular weight excluding hydrogens is 410 g/mol. The number of carbonyl (C=O) groups excluding carboxylic acids is 2. The Balaban J connectivity index is 1.57. The van der Waals surface area contributed by atoms with Crippen LogP contribution in [0.2, 0.25) is 0 Å². The van der Waals surface area contributed by atoms with Crippen molar-refractivity contribution in [1.82, 2.24) is 15.2 Å². The molecule has 6 nitrogen and oxygen atoms in total. The van der Waals surface area contributed by atoms with Crippen molar-refractivity contribution in [3.05, 3.63) is 71.2 Å². The van der Waals surface area contributed by atoms with Gasteiger partial charge in [0.15, 0.2) is 0 Å². The highest BCUT2D eigenvalue weighted by atomic mass is 32.1. The molecule has 31 heavy (non-hydrogen) atoms. The van der Waals surface area contributed by atoms with Gasteiger partial charge in [0.25, 0.3) is 5.91 Å². The number of nitrogens with zero attached hydrogens (tertiary/aromatic N) is 2. The number of aromatic nitrogens is 1. The number of hydrogen-bond acceptors (Lipinski definition) is 5. The van der Waals surface area contributed by atoms with E-state index < -0.39 is 5.54 Å². The number of thiazole rings is 1. The molecule has 3 aromatic rings. The van der Waals surface area contributed by atoms with Crippen molar-refractivity contribution in [3.63, 3.8) is 0 Å². The van der Waals surface area contributed by atoms with Crippen LogP contribution < -0.4 is 10.1 Å². The van der Waals surface area contributed by atoms with Crippen LogP contribution in [0.1, 0.15) is 37.4 Å². The summed E-state index contributed by atoms with van der Waals surface area (Å²) in [5.41, 5.74) is 1.47. The lowest BCUT2D eigenvalue weighted by Gasteiger charge is -2.27.